The van der Waals surface area contributed by atoms with E-state index in [0.717, 1.165) is 121 Å². The van der Waals surface area contributed by atoms with E-state index in [1.165, 1.54) is 141 Å². The van der Waals surface area contributed by atoms with Crippen LogP contribution in [0.5, 0.6) is 0 Å². The highest BCUT2D eigenvalue weighted by molar-refractivity contribution is 7.47. The van der Waals surface area contributed by atoms with Crippen LogP contribution >= 0.6 is 15.6 Å². The predicted molar refractivity (Wildman–Crippen MR) is 377 cm³/mol. The van der Waals surface area contributed by atoms with Gasteiger partial charge in [0.15, 0.2) is 12.2 Å². The van der Waals surface area contributed by atoms with E-state index in [-0.39, 0.29) is 25.7 Å². The molecule has 0 amide bonds. The van der Waals surface area contributed by atoms with Crippen LogP contribution in [0.1, 0.15) is 350 Å². The van der Waals surface area contributed by atoms with Crippen molar-refractivity contribution in [1.82, 2.24) is 0 Å². The number of ether oxygens (including phenoxy) is 4. The second-order valence-electron chi connectivity index (χ2n) is 27.4. The van der Waals surface area contributed by atoms with Crippen LogP contribution in [-0.2, 0) is 65.4 Å². The van der Waals surface area contributed by atoms with Crippen LogP contribution in [0.3, 0.4) is 0 Å². The fourth-order valence-electron chi connectivity index (χ4n) is 10.7. The van der Waals surface area contributed by atoms with Gasteiger partial charge in [0.1, 0.15) is 19.3 Å². The predicted octanol–water partition coefficient (Wildman–Crippen LogP) is 21.0. The topological polar surface area (TPSA) is 237 Å². The molecule has 0 radical (unpaired) electrons. The van der Waals surface area contributed by atoms with Gasteiger partial charge in [-0.15, -0.1) is 0 Å². The second-order valence-corrected chi connectivity index (χ2v) is 30.3. The SMILES string of the molecule is CCCCCC/C=C\C=C/CCCCCCCC(=O)O[C@H](COC(=O)CCCCCCCCC(C)C)COP(=O)(O)OC[C@H](O)COP(=O)(O)OC[C@@H](COC(=O)CCCCCCCCCCCCCCCC(C)C)OC(=O)CCCCCCCCCCCCC(C)C. The first-order chi connectivity index (χ1) is 44.7. The minimum atomic E-state index is -4.96. The molecule has 0 aliphatic heterocycles. The molecule has 0 heterocycles. The second kappa shape index (κ2) is 64.2. The Kier molecular flexibility index (Phi) is 62.5. The van der Waals surface area contributed by atoms with E-state index in [0.29, 0.717) is 31.6 Å². The van der Waals surface area contributed by atoms with Crippen molar-refractivity contribution in [2.45, 2.75) is 369 Å². The van der Waals surface area contributed by atoms with Crippen LogP contribution in [0, 0.1) is 17.8 Å². The first kappa shape index (κ1) is 90.5. The summed E-state index contributed by atoms with van der Waals surface area (Å²) in [5, 5.41) is 10.6. The maximum atomic E-state index is 13.1. The van der Waals surface area contributed by atoms with Crippen LogP contribution in [0.2, 0.25) is 0 Å². The van der Waals surface area contributed by atoms with Crippen molar-refractivity contribution in [2.75, 3.05) is 39.6 Å². The van der Waals surface area contributed by atoms with Gasteiger partial charge in [-0.3, -0.25) is 37.3 Å². The first-order valence-electron chi connectivity index (χ1n) is 37.7. The number of unbranched alkanes of at least 4 members (excludes halogenated alkanes) is 35. The van der Waals surface area contributed by atoms with Gasteiger partial charge >= 0.3 is 39.5 Å². The highest BCUT2D eigenvalue weighted by Crippen LogP contribution is 2.45. The van der Waals surface area contributed by atoms with Crippen LogP contribution < -0.4 is 0 Å². The van der Waals surface area contributed by atoms with Gasteiger partial charge in [-0.25, -0.2) is 9.13 Å². The third-order valence-electron chi connectivity index (χ3n) is 16.5. The molecule has 93 heavy (non-hydrogen) atoms. The zero-order valence-electron chi connectivity index (χ0n) is 60.2. The lowest BCUT2D eigenvalue weighted by molar-refractivity contribution is -0.161. The van der Waals surface area contributed by atoms with Gasteiger partial charge in [-0.2, -0.15) is 0 Å². The highest BCUT2D eigenvalue weighted by atomic mass is 31.2. The quantitative estimate of drug-likeness (QED) is 0.0169. The zero-order chi connectivity index (χ0) is 68.7. The molecule has 5 atom stereocenters. The Morgan fingerprint density at radius 2 is 0.581 bits per heavy atom. The number of aliphatic hydroxyl groups is 1. The van der Waals surface area contributed by atoms with Crippen molar-refractivity contribution in [2.24, 2.45) is 17.8 Å². The van der Waals surface area contributed by atoms with E-state index in [9.17, 15) is 43.2 Å². The van der Waals surface area contributed by atoms with Gasteiger partial charge in [-0.05, 0) is 69.1 Å². The van der Waals surface area contributed by atoms with E-state index in [2.05, 4.69) is 72.8 Å². The molecule has 0 fully saturated rings. The molecule has 0 aliphatic carbocycles. The summed E-state index contributed by atoms with van der Waals surface area (Å²) in [4.78, 5) is 72.7. The molecular weight excluding hydrogens is 1220 g/mol. The number of esters is 4. The summed E-state index contributed by atoms with van der Waals surface area (Å²) < 4.78 is 68.4. The van der Waals surface area contributed by atoms with Crippen molar-refractivity contribution in [3.63, 3.8) is 0 Å². The fraction of sp³-hybridized carbons (Fsp3) is 0.892. The van der Waals surface area contributed by atoms with E-state index in [1.54, 1.807) is 0 Å². The number of phosphoric acid groups is 2. The minimum absolute atomic E-state index is 0.0836. The molecule has 0 saturated heterocycles. The van der Waals surface area contributed by atoms with E-state index in [4.69, 9.17) is 37.0 Å². The van der Waals surface area contributed by atoms with Crippen molar-refractivity contribution >= 4 is 39.5 Å². The van der Waals surface area contributed by atoms with Gasteiger partial charge in [-0.1, -0.05) is 297 Å². The number of hydrogen-bond donors (Lipinski definition) is 3. The van der Waals surface area contributed by atoms with Crippen LogP contribution in [0.25, 0.3) is 0 Å². The molecule has 0 aliphatic rings. The summed E-state index contributed by atoms with van der Waals surface area (Å²) in [7, 11) is -9.92. The summed E-state index contributed by atoms with van der Waals surface area (Å²) in [5.74, 6) is 0.0626. The number of rotatable bonds is 70. The highest BCUT2D eigenvalue weighted by Gasteiger charge is 2.30. The molecule has 0 aromatic rings. The number of phosphoric ester groups is 2. The Morgan fingerprint density at radius 3 is 0.871 bits per heavy atom. The third kappa shape index (κ3) is 67.9. The maximum Gasteiger partial charge on any atom is 0.472 e. The molecule has 2 unspecified atom stereocenters. The Balaban J connectivity index is 5.27. The number of allylic oxidation sites excluding steroid dienone is 4. The number of aliphatic hydroxyl groups excluding tert-OH is 1. The largest absolute Gasteiger partial charge is 0.472 e. The lowest BCUT2D eigenvalue weighted by Crippen LogP contribution is -2.30. The minimum Gasteiger partial charge on any atom is -0.462 e. The number of carbonyl (C=O) groups is 4. The van der Waals surface area contributed by atoms with Crippen molar-refractivity contribution in [3.05, 3.63) is 24.3 Å². The average molecular weight is 1360 g/mol. The molecule has 0 spiro atoms. The molecule has 548 valence electrons. The standard InChI is InChI=1S/C74H140O17P2/c1-8-9-10-11-12-13-14-15-16-19-23-29-34-43-50-57-73(78)91-70(62-85-72(77)56-49-42-37-36-40-47-54-67(6)7)64-89-93(82,83)87-60-68(75)59-86-92(80,81)88-63-69(90-74(79)58-51-44-35-30-25-24-27-32-39-46-53-66(4)5)61-84-71(76)55-48-41-33-28-22-20-17-18-21-26-31-38-45-52-65(2)3/h13-16,65-70,75H,8-12,17-64H2,1-7H3,(H,80,81)(H,82,83)/b14-13-,16-15-/t68-,69-,70-/m1/s1. The summed E-state index contributed by atoms with van der Waals surface area (Å²) in [5.41, 5.74) is 0. The third-order valence-corrected chi connectivity index (χ3v) is 18.4. The summed E-state index contributed by atoms with van der Waals surface area (Å²) in [6.45, 7) is 11.7. The normalized spacial score (nSPS) is 14.3. The summed E-state index contributed by atoms with van der Waals surface area (Å²) >= 11 is 0. The fourth-order valence-corrected chi connectivity index (χ4v) is 12.3. The van der Waals surface area contributed by atoms with Gasteiger partial charge < -0.3 is 33.8 Å². The summed E-state index contributed by atoms with van der Waals surface area (Å²) in [6.07, 6.45) is 52.3. The average Bonchev–Trinajstić information content (AvgIpc) is 1.61. The van der Waals surface area contributed by atoms with Crippen LogP contribution in [0.4, 0.5) is 0 Å². The molecule has 17 nitrogen and oxygen atoms in total. The van der Waals surface area contributed by atoms with E-state index >= 15 is 0 Å². The lowest BCUT2D eigenvalue weighted by Gasteiger charge is -2.21. The summed E-state index contributed by atoms with van der Waals surface area (Å²) in [6, 6.07) is 0. The monoisotopic (exact) mass is 1360 g/mol. The van der Waals surface area contributed by atoms with Gasteiger partial charge in [0, 0.05) is 25.7 Å². The molecule has 0 saturated carbocycles. The van der Waals surface area contributed by atoms with E-state index < -0.39 is 97.5 Å². The van der Waals surface area contributed by atoms with Crippen LogP contribution in [-0.4, -0.2) is 96.7 Å². The molecule has 0 aromatic heterocycles. The molecular formula is C74H140O17P2. The van der Waals surface area contributed by atoms with Gasteiger partial charge in [0.25, 0.3) is 0 Å². The Morgan fingerprint density at radius 1 is 0.333 bits per heavy atom. The van der Waals surface area contributed by atoms with Crippen molar-refractivity contribution < 1.29 is 80.2 Å². The molecule has 19 heteroatoms. The molecule has 0 rings (SSSR count). The lowest BCUT2D eigenvalue weighted by atomic mass is 10.0. The van der Waals surface area contributed by atoms with Crippen molar-refractivity contribution in [1.29, 1.82) is 0 Å². The Bertz CT molecular complexity index is 1910. The van der Waals surface area contributed by atoms with Gasteiger partial charge in [0.05, 0.1) is 26.4 Å². The Labute approximate surface area is 567 Å². The van der Waals surface area contributed by atoms with Crippen molar-refractivity contribution in [3.8, 4) is 0 Å². The van der Waals surface area contributed by atoms with Crippen LogP contribution in [0.15, 0.2) is 24.3 Å². The molecule has 0 aromatic carbocycles. The molecule has 0 bridgehead atoms. The van der Waals surface area contributed by atoms with Gasteiger partial charge in [0.2, 0.25) is 0 Å². The molecule has 3 N–H and O–H groups in total. The Hall–Kier alpha value is -2.46. The smallest absolute Gasteiger partial charge is 0.462 e. The van der Waals surface area contributed by atoms with E-state index in [1.807, 2.05) is 0 Å². The first-order valence-corrected chi connectivity index (χ1v) is 40.7. The maximum absolute atomic E-state index is 13.1. The number of carbonyl (C=O) groups excluding carboxylic acids is 4. The number of hydrogen-bond acceptors (Lipinski definition) is 15. The zero-order valence-corrected chi connectivity index (χ0v) is 62.0.